The lowest BCUT2D eigenvalue weighted by Gasteiger charge is -2.08. The highest BCUT2D eigenvalue weighted by Crippen LogP contribution is 2.07. The number of benzene rings is 1. The number of carbonyl (C=O) groups is 2. The fourth-order valence-corrected chi connectivity index (χ4v) is 1.98. The number of rotatable bonds is 5. The van der Waals surface area contributed by atoms with Crippen LogP contribution in [0.1, 0.15) is 38.9 Å². The molecule has 0 fully saturated rings. The smallest absolute Gasteiger partial charge is 0.335 e. The van der Waals surface area contributed by atoms with Gasteiger partial charge < -0.3 is 10.4 Å². The Morgan fingerprint density at radius 2 is 1.81 bits per heavy atom. The van der Waals surface area contributed by atoms with Crippen molar-refractivity contribution in [3.63, 3.8) is 0 Å². The lowest BCUT2D eigenvalue weighted by Crippen LogP contribution is -2.24. The van der Waals surface area contributed by atoms with Crippen molar-refractivity contribution in [3.05, 3.63) is 65.0 Å². The maximum absolute atomic E-state index is 12.0. The van der Waals surface area contributed by atoms with Crippen LogP contribution in [0, 0.1) is 0 Å². The molecule has 5 nitrogen and oxygen atoms in total. The third-order valence-corrected chi connectivity index (χ3v) is 3.18. The zero-order chi connectivity index (χ0) is 15.2. The van der Waals surface area contributed by atoms with Crippen molar-refractivity contribution in [1.29, 1.82) is 0 Å². The van der Waals surface area contributed by atoms with Gasteiger partial charge in [0.1, 0.15) is 0 Å². The van der Waals surface area contributed by atoms with Gasteiger partial charge in [-0.05, 0) is 42.3 Å². The Kier molecular flexibility index (Phi) is 4.66. The molecule has 108 valence electrons. The summed E-state index contributed by atoms with van der Waals surface area (Å²) in [5.41, 5.74) is 2.52. The summed E-state index contributed by atoms with van der Waals surface area (Å²) in [4.78, 5) is 27.0. The normalized spacial score (nSPS) is 10.1. The van der Waals surface area contributed by atoms with Gasteiger partial charge >= 0.3 is 5.97 Å². The third kappa shape index (κ3) is 3.66. The number of nitrogens with zero attached hydrogens (tertiary/aromatic N) is 1. The molecule has 0 saturated carbocycles. The van der Waals surface area contributed by atoms with Gasteiger partial charge in [0.2, 0.25) is 0 Å². The van der Waals surface area contributed by atoms with Gasteiger partial charge in [0.05, 0.1) is 17.8 Å². The van der Waals surface area contributed by atoms with E-state index in [1.807, 2.05) is 19.1 Å². The Balaban J connectivity index is 2.03. The maximum Gasteiger partial charge on any atom is 0.335 e. The van der Waals surface area contributed by atoms with Crippen LogP contribution >= 0.6 is 0 Å². The number of aromatic carboxylic acids is 1. The van der Waals surface area contributed by atoms with Gasteiger partial charge in [0.15, 0.2) is 0 Å². The van der Waals surface area contributed by atoms with Crippen LogP contribution in [0.3, 0.4) is 0 Å². The Hall–Kier alpha value is -2.69. The number of amides is 1. The number of carboxylic acids is 1. The molecule has 1 heterocycles. The SMILES string of the molecule is CCc1cccnc1CNC(=O)c1ccc(C(=O)O)cc1. The first-order valence-electron chi connectivity index (χ1n) is 6.66. The number of hydrogen-bond acceptors (Lipinski definition) is 3. The van der Waals surface area contributed by atoms with Crippen LogP contribution in [0.15, 0.2) is 42.6 Å². The summed E-state index contributed by atoms with van der Waals surface area (Å²) in [7, 11) is 0. The van der Waals surface area contributed by atoms with Crippen LogP contribution in [0.2, 0.25) is 0 Å². The molecule has 0 radical (unpaired) electrons. The third-order valence-electron chi connectivity index (χ3n) is 3.18. The molecule has 0 bridgehead atoms. The maximum atomic E-state index is 12.0. The molecule has 1 amide bonds. The van der Waals surface area contributed by atoms with Crippen LogP contribution in [0.4, 0.5) is 0 Å². The monoisotopic (exact) mass is 284 g/mol. The fraction of sp³-hybridized carbons (Fsp3) is 0.188. The summed E-state index contributed by atoms with van der Waals surface area (Å²) in [6.45, 7) is 2.39. The van der Waals surface area contributed by atoms with E-state index in [1.165, 1.54) is 24.3 Å². The van der Waals surface area contributed by atoms with Crippen molar-refractivity contribution in [1.82, 2.24) is 10.3 Å². The second-order valence-corrected chi connectivity index (χ2v) is 4.53. The van der Waals surface area contributed by atoms with E-state index >= 15 is 0 Å². The minimum Gasteiger partial charge on any atom is -0.478 e. The van der Waals surface area contributed by atoms with E-state index in [4.69, 9.17) is 5.11 Å². The van der Waals surface area contributed by atoms with Gasteiger partial charge in [-0.2, -0.15) is 0 Å². The van der Waals surface area contributed by atoms with Gasteiger partial charge in [0.25, 0.3) is 5.91 Å². The zero-order valence-electron chi connectivity index (χ0n) is 11.7. The molecule has 0 unspecified atom stereocenters. The molecule has 21 heavy (non-hydrogen) atoms. The Bertz CT molecular complexity index is 651. The van der Waals surface area contributed by atoms with Gasteiger partial charge in [-0.25, -0.2) is 4.79 Å². The topological polar surface area (TPSA) is 79.3 Å². The average molecular weight is 284 g/mol. The number of hydrogen-bond donors (Lipinski definition) is 2. The number of carbonyl (C=O) groups excluding carboxylic acids is 1. The predicted octanol–water partition coefficient (Wildman–Crippen LogP) is 2.27. The highest BCUT2D eigenvalue weighted by molar-refractivity contribution is 5.95. The van der Waals surface area contributed by atoms with E-state index in [2.05, 4.69) is 10.3 Å². The van der Waals surface area contributed by atoms with E-state index in [0.717, 1.165) is 17.7 Å². The van der Waals surface area contributed by atoms with Crippen molar-refractivity contribution in [2.45, 2.75) is 19.9 Å². The van der Waals surface area contributed by atoms with Crippen LogP contribution in [0.5, 0.6) is 0 Å². The van der Waals surface area contributed by atoms with E-state index < -0.39 is 5.97 Å². The second-order valence-electron chi connectivity index (χ2n) is 4.53. The Morgan fingerprint density at radius 3 is 2.43 bits per heavy atom. The van der Waals surface area contributed by atoms with Gasteiger partial charge in [-0.15, -0.1) is 0 Å². The van der Waals surface area contributed by atoms with E-state index in [0.29, 0.717) is 12.1 Å². The summed E-state index contributed by atoms with van der Waals surface area (Å²) in [5, 5.41) is 11.6. The van der Waals surface area contributed by atoms with Crippen molar-refractivity contribution in [2.24, 2.45) is 0 Å². The molecule has 0 aliphatic carbocycles. The van der Waals surface area contributed by atoms with Crippen molar-refractivity contribution in [3.8, 4) is 0 Å². The predicted molar refractivity (Wildman–Crippen MR) is 78.2 cm³/mol. The quantitative estimate of drug-likeness (QED) is 0.882. The Morgan fingerprint density at radius 1 is 1.14 bits per heavy atom. The van der Waals surface area contributed by atoms with Gasteiger partial charge in [-0.1, -0.05) is 13.0 Å². The standard InChI is InChI=1S/C16H16N2O3/c1-2-11-4-3-9-17-14(11)10-18-15(19)12-5-7-13(8-6-12)16(20)21/h3-9H,2,10H2,1H3,(H,18,19)(H,20,21). The molecule has 0 spiro atoms. The molecule has 0 saturated heterocycles. The van der Waals surface area contributed by atoms with Crippen LogP contribution in [-0.4, -0.2) is 22.0 Å². The first kappa shape index (κ1) is 14.7. The average Bonchev–Trinajstić information content (AvgIpc) is 2.52. The van der Waals surface area contributed by atoms with Crippen molar-refractivity contribution < 1.29 is 14.7 Å². The minimum atomic E-state index is -1.01. The minimum absolute atomic E-state index is 0.157. The molecule has 2 N–H and O–H groups in total. The first-order chi connectivity index (χ1) is 10.1. The lowest BCUT2D eigenvalue weighted by atomic mass is 10.1. The molecule has 0 aliphatic heterocycles. The van der Waals surface area contributed by atoms with E-state index in [9.17, 15) is 9.59 Å². The lowest BCUT2D eigenvalue weighted by molar-refractivity contribution is 0.0696. The van der Waals surface area contributed by atoms with Crippen molar-refractivity contribution >= 4 is 11.9 Å². The number of carboxylic acid groups (broad SMARTS) is 1. The number of nitrogens with one attached hydrogen (secondary N) is 1. The summed E-state index contributed by atoms with van der Waals surface area (Å²) >= 11 is 0. The molecular formula is C16H16N2O3. The summed E-state index contributed by atoms with van der Waals surface area (Å²) in [5.74, 6) is -1.26. The summed E-state index contributed by atoms with van der Waals surface area (Å²) in [6.07, 6.45) is 2.55. The highest BCUT2D eigenvalue weighted by atomic mass is 16.4. The molecule has 0 aliphatic rings. The van der Waals surface area contributed by atoms with Crippen LogP contribution in [0.25, 0.3) is 0 Å². The summed E-state index contributed by atoms with van der Waals surface area (Å²) < 4.78 is 0. The number of pyridine rings is 1. The summed E-state index contributed by atoms with van der Waals surface area (Å²) in [6, 6.07) is 9.67. The molecule has 1 aromatic carbocycles. The van der Waals surface area contributed by atoms with E-state index in [1.54, 1.807) is 6.20 Å². The number of aryl methyl sites for hydroxylation is 1. The largest absolute Gasteiger partial charge is 0.478 e. The molecular weight excluding hydrogens is 268 g/mol. The van der Waals surface area contributed by atoms with Gasteiger partial charge in [0, 0.05) is 11.8 Å². The fourth-order valence-electron chi connectivity index (χ4n) is 1.98. The van der Waals surface area contributed by atoms with Crippen LogP contribution < -0.4 is 5.32 Å². The van der Waals surface area contributed by atoms with Crippen molar-refractivity contribution in [2.75, 3.05) is 0 Å². The van der Waals surface area contributed by atoms with Crippen LogP contribution in [-0.2, 0) is 13.0 Å². The molecule has 2 aromatic rings. The first-order valence-corrected chi connectivity index (χ1v) is 6.66. The second kappa shape index (κ2) is 6.65. The molecule has 0 atom stereocenters. The molecule has 5 heteroatoms. The Labute approximate surface area is 122 Å². The molecule has 2 rings (SSSR count). The zero-order valence-corrected chi connectivity index (χ0v) is 11.7. The van der Waals surface area contributed by atoms with E-state index in [-0.39, 0.29) is 11.5 Å². The highest BCUT2D eigenvalue weighted by Gasteiger charge is 2.09. The van der Waals surface area contributed by atoms with Gasteiger partial charge in [-0.3, -0.25) is 9.78 Å². The number of aromatic nitrogens is 1. The molecule has 1 aromatic heterocycles.